The molecule has 1 fully saturated rings. The fourth-order valence-corrected chi connectivity index (χ4v) is 2.18. The maximum Gasteiger partial charge on any atom is 0.321 e. The lowest BCUT2D eigenvalue weighted by Gasteiger charge is -2.26. The summed E-state index contributed by atoms with van der Waals surface area (Å²) >= 11 is 8.95. The molecule has 19 heavy (non-hydrogen) atoms. The molecule has 0 atom stereocenters. The van der Waals surface area contributed by atoms with Crippen LogP contribution in [0.15, 0.2) is 22.9 Å². The molecule has 2 heterocycles. The Bertz CT molecular complexity index is 598. The second-order valence-corrected chi connectivity index (χ2v) is 5.15. The van der Waals surface area contributed by atoms with Gasteiger partial charge in [-0.3, -0.25) is 0 Å². The van der Waals surface area contributed by atoms with Gasteiger partial charge in [0.1, 0.15) is 17.6 Å². The molecule has 0 saturated carbocycles. The van der Waals surface area contributed by atoms with Crippen LogP contribution in [0.4, 0.5) is 4.39 Å². The molecule has 0 N–H and O–H groups in total. The first-order valence-corrected chi connectivity index (χ1v) is 6.62. The monoisotopic (exact) mass is 347 g/mol. The zero-order valence-electron chi connectivity index (χ0n) is 9.52. The highest BCUT2D eigenvalue weighted by molar-refractivity contribution is 9.10. The van der Waals surface area contributed by atoms with Gasteiger partial charge in [0.2, 0.25) is 4.73 Å². The predicted molar refractivity (Wildman–Crippen MR) is 69.1 cm³/mol. The SMILES string of the molecule is Fc1cc(Cl)cc(Oc2nc(Br)nn2C2COC2)c1. The van der Waals surface area contributed by atoms with Crippen LogP contribution in [-0.2, 0) is 4.74 Å². The fourth-order valence-electron chi connectivity index (χ4n) is 1.65. The lowest BCUT2D eigenvalue weighted by molar-refractivity contribution is -0.0313. The van der Waals surface area contributed by atoms with E-state index in [9.17, 15) is 4.39 Å². The highest BCUT2D eigenvalue weighted by Gasteiger charge is 2.26. The number of aromatic nitrogens is 3. The average molecular weight is 349 g/mol. The van der Waals surface area contributed by atoms with Crippen LogP contribution < -0.4 is 4.74 Å². The van der Waals surface area contributed by atoms with Gasteiger partial charge in [-0.25, -0.2) is 9.07 Å². The van der Waals surface area contributed by atoms with Crippen LogP contribution in [0.5, 0.6) is 11.8 Å². The van der Waals surface area contributed by atoms with Crippen LogP contribution in [-0.4, -0.2) is 28.0 Å². The Balaban J connectivity index is 1.89. The highest BCUT2D eigenvalue weighted by Crippen LogP contribution is 2.29. The number of ether oxygens (including phenoxy) is 2. The zero-order valence-corrected chi connectivity index (χ0v) is 11.9. The minimum atomic E-state index is -0.473. The van der Waals surface area contributed by atoms with Gasteiger partial charge >= 0.3 is 6.01 Å². The third-order valence-electron chi connectivity index (χ3n) is 2.59. The number of halogens is 3. The third-order valence-corrected chi connectivity index (χ3v) is 3.14. The van der Waals surface area contributed by atoms with E-state index in [1.165, 1.54) is 18.2 Å². The van der Waals surface area contributed by atoms with Crippen molar-refractivity contribution in [1.82, 2.24) is 14.8 Å². The summed E-state index contributed by atoms with van der Waals surface area (Å²) in [5, 5.41) is 4.42. The molecule has 5 nitrogen and oxygen atoms in total. The lowest BCUT2D eigenvalue weighted by atomic mass is 10.3. The average Bonchev–Trinajstić information content (AvgIpc) is 2.55. The molecule has 3 rings (SSSR count). The maximum absolute atomic E-state index is 13.2. The van der Waals surface area contributed by atoms with E-state index < -0.39 is 5.82 Å². The summed E-state index contributed by atoms with van der Waals surface area (Å²) in [6.45, 7) is 1.10. The van der Waals surface area contributed by atoms with Crippen molar-refractivity contribution in [1.29, 1.82) is 0 Å². The molecule has 0 unspecified atom stereocenters. The van der Waals surface area contributed by atoms with Gasteiger partial charge in [0.05, 0.1) is 13.2 Å². The Kier molecular flexibility index (Phi) is 3.42. The van der Waals surface area contributed by atoms with Crippen molar-refractivity contribution < 1.29 is 13.9 Å². The molecule has 1 aliphatic rings. The largest absolute Gasteiger partial charge is 0.424 e. The van der Waals surface area contributed by atoms with Crippen LogP contribution in [0.25, 0.3) is 0 Å². The maximum atomic E-state index is 13.2. The summed E-state index contributed by atoms with van der Waals surface area (Å²) in [7, 11) is 0. The molecule has 100 valence electrons. The molecule has 1 aliphatic heterocycles. The Hall–Kier alpha value is -1.18. The van der Waals surface area contributed by atoms with Gasteiger partial charge < -0.3 is 9.47 Å². The summed E-state index contributed by atoms with van der Waals surface area (Å²) in [6, 6.07) is 4.29. The number of benzene rings is 1. The van der Waals surface area contributed by atoms with E-state index in [0.29, 0.717) is 17.9 Å². The Morgan fingerprint density at radius 1 is 1.42 bits per heavy atom. The van der Waals surface area contributed by atoms with Gasteiger partial charge in [0.15, 0.2) is 0 Å². The van der Waals surface area contributed by atoms with Gasteiger partial charge in [0.25, 0.3) is 0 Å². The normalized spacial score (nSPS) is 15.3. The van der Waals surface area contributed by atoms with Crippen molar-refractivity contribution in [2.24, 2.45) is 0 Å². The standard InChI is InChI=1S/C11H8BrClFN3O2/c12-10-15-11(17(16-10)8-4-18-5-8)19-9-2-6(13)1-7(14)3-9/h1-3,8H,4-5H2. The Labute approximate surface area is 121 Å². The van der Waals surface area contributed by atoms with Crippen LogP contribution in [0.2, 0.25) is 5.02 Å². The smallest absolute Gasteiger partial charge is 0.321 e. The first kappa shape index (κ1) is 12.8. The van der Waals surface area contributed by atoms with Gasteiger partial charge in [-0.15, -0.1) is 5.10 Å². The summed E-state index contributed by atoms with van der Waals surface area (Å²) in [6.07, 6.45) is 0. The van der Waals surface area contributed by atoms with Gasteiger partial charge in [0, 0.05) is 11.1 Å². The lowest BCUT2D eigenvalue weighted by Crippen LogP contribution is -2.31. The van der Waals surface area contributed by atoms with Crippen LogP contribution in [0, 0.1) is 5.82 Å². The van der Waals surface area contributed by atoms with Crippen LogP contribution in [0.3, 0.4) is 0 Å². The molecule has 1 aromatic heterocycles. The van der Waals surface area contributed by atoms with Gasteiger partial charge in [-0.1, -0.05) is 11.6 Å². The minimum Gasteiger partial charge on any atom is -0.424 e. The molecule has 0 aliphatic carbocycles. The number of rotatable bonds is 3. The summed E-state index contributed by atoms with van der Waals surface area (Å²) in [4.78, 5) is 4.09. The van der Waals surface area contributed by atoms with Crippen molar-refractivity contribution in [2.45, 2.75) is 6.04 Å². The third kappa shape index (κ3) is 2.72. The molecule has 1 saturated heterocycles. The molecule has 0 bridgehead atoms. The molecular weight excluding hydrogens is 340 g/mol. The molecule has 0 radical (unpaired) electrons. The molecule has 1 aromatic carbocycles. The summed E-state index contributed by atoms with van der Waals surface area (Å²) < 4.78 is 25.9. The molecule has 0 spiro atoms. The molecule has 8 heteroatoms. The quantitative estimate of drug-likeness (QED) is 0.855. The van der Waals surface area contributed by atoms with Crippen LogP contribution >= 0.6 is 27.5 Å². The molecular formula is C11H8BrClFN3O2. The van der Waals surface area contributed by atoms with E-state index in [1.54, 1.807) is 4.68 Å². The van der Waals surface area contributed by atoms with Crippen molar-refractivity contribution in [3.63, 3.8) is 0 Å². The number of nitrogens with zero attached hydrogens (tertiary/aromatic N) is 3. The van der Waals surface area contributed by atoms with Gasteiger partial charge in [-0.05, 0) is 28.1 Å². The van der Waals surface area contributed by atoms with Crippen molar-refractivity contribution in [3.8, 4) is 11.8 Å². The predicted octanol–water partition coefficient (Wildman–Crippen LogP) is 3.20. The zero-order chi connectivity index (χ0) is 13.4. The number of hydrogen-bond acceptors (Lipinski definition) is 4. The van der Waals surface area contributed by atoms with E-state index in [1.807, 2.05) is 0 Å². The second-order valence-electron chi connectivity index (χ2n) is 4.01. The van der Waals surface area contributed by atoms with Crippen molar-refractivity contribution >= 4 is 27.5 Å². The van der Waals surface area contributed by atoms with E-state index >= 15 is 0 Å². The summed E-state index contributed by atoms with van der Waals surface area (Å²) in [5.41, 5.74) is 0. The van der Waals surface area contributed by atoms with E-state index in [0.717, 1.165) is 0 Å². The first-order chi connectivity index (χ1) is 9.11. The van der Waals surface area contributed by atoms with Crippen molar-refractivity contribution in [3.05, 3.63) is 33.8 Å². The molecule has 0 amide bonds. The number of hydrogen-bond donors (Lipinski definition) is 0. The van der Waals surface area contributed by atoms with Crippen LogP contribution in [0.1, 0.15) is 6.04 Å². The van der Waals surface area contributed by atoms with E-state index in [-0.39, 0.29) is 22.8 Å². The van der Waals surface area contributed by atoms with Gasteiger partial charge in [-0.2, -0.15) is 4.98 Å². The minimum absolute atomic E-state index is 0.0813. The highest BCUT2D eigenvalue weighted by atomic mass is 79.9. The van der Waals surface area contributed by atoms with Crippen molar-refractivity contribution in [2.75, 3.05) is 13.2 Å². The summed E-state index contributed by atoms with van der Waals surface area (Å²) in [5.74, 6) is -0.203. The molecule has 2 aromatic rings. The fraction of sp³-hybridized carbons (Fsp3) is 0.273. The Morgan fingerprint density at radius 2 is 2.21 bits per heavy atom. The van der Waals surface area contributed by atoms with E-state index in [4.69, 9.17) is 21.1 Å². The Morgan fingerprint density at radius 3 is 2.84 bits per heavy atom. The first-order valence-electron chi connectivity index (χ1n) is 5.45. The second kappa shape index (κ2) is 5.07. The topological polar surface area (TPSA) is 49.2 Å². The van der Waals surface area contributed by atoms with E-state index in [2.05, 4.69) is 26.0 Å².